The Morgan fingerprint density at radius 2 is 2.11 bits per heavy atom. The van der Waals surface area contributed by atoms with E-state index in [1.54, 1.807) is 13.0 Å². The molecule has 0 spiro atoms. The minimum Gasteiger partial charge on any atom is -0.337 e. The first kappa shape index (κ1) is 13.5. The summed E-state index contributed by atoms with van der Waals surface area (Å²) in [7, 11) is -3.78. The van der Waals surface area contributed by atoms with Crippen LogP contribution in [0.5, 0.6) is 0 Å². The maximum absolute atomic E-state index is 13.4. The maximum Gasteiger partial charge on any atom is 0.277 e. The number of nitrogens with one attached hydrogen (secondary N) is 1. The molecule has 0 amide bonds. The molecule has 0 fully saturated rings. The predicted molar refractivity (Wildman–Crippen MR) is 66.3 cm³/mol. The van der Waals surface area contributed by atoms with E-state index in [1.807, 2.05) is 0 Å². The molecule has 1 heterocycles. The first-order valence-electron chi connectivity index (χ1n) is 5.56. The van der Waals surface area contributed by atoms with Gasteiger partial charge in [-0.15, -0.1) is 0 Å². The standard InChI is InChI=1S/C11H12FN3O3S/c1-2-10-13-11(14-18-10)15-19(16,17)7-8-5-3-4-6-9(8)12/h3-6H,2,7H2,1H3,(H,14,15). The van der Waals surface area contributed by atoms with E-state index in [9.17, 15) is 12.8 Å². The van der Waals surface area contributed by atoms with Crippen molar-refractivity contribution >= 4 is 16.0 Å². The summed E-state index contributed by atoms with van der Waals surface area (Å²) in [5, 5.41) is 3.47. The Bertz CT molecular complexity index is 669. The fourth-order valence-corrected chi connectivity index (χ4v) is 2.51. The van der Waals surface area contributed by atoms with Gasteiger partial charge in [0, 0.05) is 12.0 Å². The molecule has 0 aliphatic carbocycles. The average Bonchev–Trinajstić information content (AvgIpc) is 2.78. The van der Waals surface area contributed by atoms with E-state index in [0.717, 1.165) is 0 Å². The molecule has 8 heteroatoms. The maximum atomic E-state index is 13.4. The summed E-state index contributed by atoms with van der Waals surface area (Å²) < 4.78 is 43.9. The van der Waals surface area contributed by atoms with Crippen LogP contribution in [0.3, 0.4) is 0 Å². The Morgan fingerprint density at radius 3 is 2.74 bits per heavy atom. The second kappa shape index (κ2) is 5.35. The van der Waals surface area contributed by atoms with Crippen LogP contribution < -0.4 is 4.72 Å². The van der Waals surface area contributed by atoms with Gasteiger partial charge < -0.3 is 4.52 Å². The summed E-state index contributed by atoms with van der Waals surface area (Å²) >= 11 is 0. The van der Waals surface area contributed by atoms with Crippen LogP contribution in [0.25, 0.3) is 0 Å². The van der Waals surface area contributed by atoms with Gasteiger partial charge in [-0.3, -0.25) is 0 Å². The molecule has 0 atom stereocenters. The summed E-state index contributed by atoms with van der Waals surface area (Å²) in [6, 6.07) is 5.67. The van der Waals surface area contributed by atoms with Crippen LogP contribution in [-0.4, -0.2) is 18.6 Å². The molecular formula is C11H12FN3O3S. The fraction of sp³-hybridized carbons (Fsp3) is 0.273. The Kier molecular flexibility index (Phi) is 3.79. The van der Waals surface area contributed by atoms with Crippen LogP contribution in [0.4, 0.5) is 10.3 Å². The summed E-state index contributed by atoms with van der Waals surface area (Å²) in [6.07, 6.45) is 0.502. The monoisotopic (exact) mass is 285 g/mol. The van der Waals surface area contributed by atoms with Gasteiger partial charge in [0.15, 0.2) is 0 Å². The molecule has 0 saturated heterocycles. The zero-order chi connectivity index (χ0) is 13.9. The van der Waals surface area contributed by atoms with Crippen LogP contribution in [-0.2, 0) is 22.2 Å². The molecule has 0 aliphatic rings. The van der Waals surface area contributed by atoms with Gasteiger partial charge >= 0.3 is 0 Å². The Balaban J connectivity index is 2.13. The summed E-state index contributed by atoms with van der Waals surface area (Å²) in [5.74, 6) is -0.887. The third-order valence-electron chi connectivity index (χ3n) is 2.32. The van der Waals surface area contributed by atoms with Crippen molar-refractivity contribution in [2.24, 2.45) is 0 Å². The normalized spacial score (nSPS) is 11.5. The van der Waals surface area contributed by atoms with Crippen molar-refractivity contribution in [3.8, 4) is 0 Å². The number of halogens is 1. The highest BCUT2D eigenvalue weighted by Gasteiger charge is 2.17. The Hall–Kier alpha value is -1.96. The quantitative estimate of drug-likeness (QED) is 0.904. The molecular weight excluding hydrogens is 273 g/mol. The van der Waals surface area contributed by atoms with Gasteiger partial charge in [-0.25, -0.2) is 17.5 Å². The number of sulfonamides is 1. The topological polar surface area (TPSA) is 85.1 Å². The lowest BCUT2D eigenvalue weighted by Crippen LogP contribution is -2.16. The van der Waals surface area contributed by atoms with E-state index in [2.05, 4.69) is 14.9 Å². The number of nitrogens with zero attached hydrogens (tertiary/aromatic N) is 2. The molecule has 102 valence electrons. The lowest BCUT2D eigenvalue weighted by atomic mass is 10.2. The van der Waals surface area contributed by atoms with E-state index in [-0.39, 0.29) is 11.5 Å². The van der Waals surface area contributed by atoms with E-state index in [1.165, 1.54) is 18.2 Å². The lowest BCUT2D eigenvalue weighted by molar-refractivity contribution is 0.383. The minimum absolute atomic E-state index is 0.0780. The van der Waals surface area contributed by atoms with Crippen molar-refractivity contribution < 1.29 is 17.3 Å². The molecule has 1 N–H and O–H groups in total. The van der Waals surface area contributed by atoms with Crippen LogP contribution >= 0.6 is 0 Å². The summed E-state index contributed by atoms with van der Waals surface area (Å²) in [6.45, 7) is 1.80. The SMILES string of the molecule is CCc1nc(NS(=O)(=O)Cc2ccccc2F)no1. The Labute approximate surface area is 109 Å². The largest absolute Gasteiger partial charge is 0.337 e. The number of aromatic nitrogens is 2. The highest BCUT2D eigenvalue weighted by molar-refractivity contribution is 7.91. The second-order valence-electron chi connectivity index (χ2n) is 3.82. The van der Waals surface area contributed by atoms with E-state index < -0.39 is 21.6 Å². The fourth-order valence-electron chi connectivity index (χ4n) is 1.44. The molecule has 6 nitrogen and oxygen atoms in total. The van der Waals surface area contributed by atoms with Crippen LogP contribution in [0.2, 0.25) is 0 Å². The highest BCUT2D eigenvalue weighted by atomic mass is 32.2. The molecule has 0 unspecified atom stereocenters. The van der Waals surface area contributed by atoms with Gasteiger partial charge in [-0.1, -0.05) is 25.1 Å². The van der Waals surface area contributed by atoms with Gasteiger partial charge in [0.05, 0.1) is 5.75 Å². The van der Waals surface area contributed by atoms with Crippen molar-refractivity contribution in [1.29, 1.82) is 0 Å². The second-order valence-corrected chi connectivity index (χ2v) is 5.54. The number of aryl methyl sites for hydroxylation is 1. The van der Waals surface area contributed by atoms with E-state index >= 15 is 0 Å². The van der Waals surface area contributed by atoms with Crippen molar-refractivity contribution in [3.05, 3.63) is 41.5 Å². The molecule has 0 radical (unpaired) electrons. The molecule has 2 aromatic rings. The van der Waals surface area contributed by atoms with Gasteiger partial charge in [0.1, 0.15) is 5.82 Å². The van der Waals surface area contributed by atoms with Gasteiger partial charge in [0.2, 0.25) is 15.9 Å². The van der Waals surface area contributed by atoms with Crippen molar-refractivity contribution in [1.82, 2.24) is 10.1 Å². The summed E-state index contributed by atoms with van der Waals surface area (Å²) in [5.41, 5.74) is 0.0780. The third kappa shape index (κ3) is 3.50. The molecule has 0 saturated carbocycles. The first-order valence-corrected chi connectivity index (χ1v) is 7.22. The molecule has 1 aromatic carbocycles. The first-order chi connectivity index (χ1) is 9.00. The smallest absolute Gasteiger partial charge is 0.277 e. The van der Waals surface area contributed by atoms with E-state index in [4.69, 9.17) is 4.52 Å². The van der Waals surface area contributed by atoms with Crippen molar-refractivity contribution in [2.75, 3.05) is 4.72 Å². The van der Waals surface area contributed by atoms with Crippen molar-refractivity contribution in [2.45, 2.75) is 19.1 Å². The molecule has 0 aliphatic heterocycles. The van der Waals surface area contributed by atoms with Gasteiger partial charge in [-0.05, 0) is 11.2 Å². The van der Waals surface area contributed by atoms with Crippen LogP contribution in [0.1, 0.15) is 18.4 Å². The van der Waals surface area contributed by atoms with Crippen LogP contribution in [0, 0.1) is 5.82 Å². The van der Waals surface area contributed by atoms with E-state index in [0.29, 0.717) is 12.3 Å². The number of hydrogen-bond donors (Lipinski definition) is 1. The highest BCUT2D eigenvalue weighted by Crippen LogP contribution is 2.13. The minimum atomic E-state index is -3.78. The van der Waals surface area contributed by atoms with Crippen LogP contribution in [0.15, 0.2) is 28.8 Å². The van der Waals surface area contributed by atoms with Crippen molar-refractivity contribution in [3.63, 3.8) is 0 Å². The Morgan fingerprint density at radius 1 is 1.37 bits per heavy atom. The average molecular weight is 285 g/mol. The molecule has 1 aromatic heterocycles. The van der Waals surface area contributed by atoms with Gasteiger partial charge in [-0.2, -0.15) is 4.98 Å². The number of rotatable bonds is 5. The zero-order valence-electron chi connectivity index (χ0n) is 10.1. The third-order valence-corrected chi connectivity index (χ3v) is 3.51. The predicted octanol–water partition coefficient (Wildman–Crippen LogP) is 1.71. The van der Waals surface area contributed by atoms with Gasteiger partial charge in [0.25, 0.3) is 5.95 Å². The number of benzene rings is 1. The zero-order valence-corrected chi connectivity index (χ0v) is 10.9. The summed E-state index contributed by atoms with van der Waals surface area (Å²) in [4.78, 5) is 3.82. The number of anilines is 1. The molecule has 19 heavy (non-hydrogen) atoms. The lowest BCUT2D eigenvalue weighted by Gasteiger charge is -2.04. The number of hydrogen-bond acceptors (Lipinski definition) is 5. The molecule has 0 bridgehead atoms. The molecule has 2 rings (SSSR count).